The van der Waals surface area contributed by atoms with Crippen molar-refractivity contribution in [2.75, 3.05) is 7.05 Å². The Bertz CT molecular complexity index is 346. The molecule has 0 radical (unpaired) electrons. The van der Waals surface area contributed by atoms with E-state index in [4.69, 9.17) is 0 Å². The molecule has 1 nitrogen and oxygen atoms in total. The molecule has 15 heavy (non-hydrogen) atoms. The molecule has 0 saturated heterocycles. The summed E-state index contributed by atoms with van der Waals surface area (Å²) in [6.07, 6.45) is -4.51. The fourth-order valence-electron chi connectivity index (χ4n) is 1.19. The lowest BCUT2D eigenvalue weighted by Gasteiger charge is -2.14. The van der Waals surface area contributed by atoms with Crippen LogP contribution >= 0.6 is 0 Å². The Kier molecular flexibility index (Phi) is 3.34. The zero-order chi connectivity index (χ0) is 11.6. The van der Waals surface area contributed by atoms with Gasteiger partial charge in [-0.2, -0.15) is 13.2 Å². The maximum absolute atomic E-state index is 12.9. The Labute approximate surface area is 85.1 Å². The number of hydrogen-bond acceptors (Lipinski definition) is 1. The van der Waals surface area contributed by atoms with Gasteiger partial charge >= 0.3 is 6.18 Å². The van der Waals surface area contributed by atoms with E-state index in [-0.39, 0.29) is 11.6 Å². The second kappa shape index (κ2) is 4.18. The molecule has 0 bridgehead atoms. The van der Waals surface area contributed by atoms with Crippen LogP contribution in [0.3, 0.4) is 0 Å². The van der Waals surface area contributed by atoms with Gasteiger partial charge in [0.05, 0.1) is 5.56 Å². The van der Waals surface area contributed by atoms with Crippen molar-refractivity contribution in [3.63, 3.8) is 0 Å². The summed E-state index contributed by atoms with van der Waals surface area (Å²) in [5.41, 5.74) is -0.676. The average molecular weight is 221 g/mol. The SMILES string of the molecule is CN[C@H](C)c1cc(F)cc(C(F)(F)F)c1. The van der Waals surface area contributed by atoms with E-state index in [0.717, 1.165) is 12.1 Å². The molecule has 0 aromatic heterocycles. The minimum atomic E-state index is -4.51. The van der Waals surface area contributed by atoms with Crippen molar-refractivity contribution in [1.29, 1.82) is 0 Å². The first kappa shape index (κ1) is 12.0. The first-order valence-corrected chi connectivity index (χ1v) is 4.39. The molecule has 0 aliphatic heterocycles. The van der Waals surface area contributed by atoms with Crippen molar-refractivity contribution >= 4 is 0 Å². The molecule has 0 fully saturated rings. The van der Waals surface area contributed by atoms with Crippen LogP contribution in [-0.4, -0.2) is 7.05 Å². The third-order valence-electron chi connectivity index (χ3n) is 2.18. The summed E-state index contributed by atoms with van der Waals surface area (Å²) in [6, 6.07) is 2.22. The first-order valence-electron chi connectivity index (χ1n) is 4.39. The lowest BCUT2D eigenvalue weighted by Crippen LogP contribution is -2.14. The van der Waals surface area contributed by atoms with Crippen LogP contribution in [0.5, 0.6) is 0 Å². The Balaban J connectivity index is 3.17. The summed E-state index contributed by atoms with van der Waals surface area (Å²) >= 11 is 0. The van der Waals surface area contributed by atoms with Crippen LogP contribution in [0.2, 0.25) is 0 Å². The van der Waals surface area contributed by atoms with Crippen LogP contribution in [-0.2, 0) is 6.18 Å². The van der Waals surface area contributed by atoms with Gasteiger partial charge in [-0.25, -0.2) is 4.39 Å². The van der Waals surface area contributed by atoms with Crippen molar-refractivity contribution in [3.05, 3.63) is 35.1 Å². The topological polar surface area (TPSA) is 12.0 Å². The Morgan fingerprint density at radius 3 is 2.27 bits per heavy atom. The van der Waals surface area contributed by atoms with Crippen molar-refractivity contribution in [1.82, 2.24) is 5.32 Å². The molecule has 0 heterocycles. The summed E-state index contributed by atoms with van der Waals surface area (Å²) in [6.45, 7) is 1.66. The number of halogens is 4. The van der Waals surface area contributed by atoms with Gasteiger partial charge in [0.15, 0.2) is 0 Å². The third kappa shape index (κ3) is 2.92. The van der Waals surface area contributed by atoms with Crippen molar-refractivity contribution in [2.24, 2.45) is 0 Å². The minimum Gasteiger partial charge on any atom is -0.313 e. The highest BCUT2D eigenvalue weighted by Crippen LogP contribution is 2.31. The molecule has 0 aliphatic carbocycles. The number of nitrogens with one attached hydrogen (secondary N) is 1. The highest BCUT2D eigenvalue weighted by Gasteiger charge is 2.31. The number of alkyl halides is 3. The quantitative estimate of drug-likeness (QED) is 0.756. The Morgan fingerprint density at radius 2 is 1.80 bits per heavy atom. The van der Waals surface area contributed by atoms with E-state index in [0.29, 0.717) is 6.07 Å². The molecule has 0 aliphatic rings. The summed E-state index contributed by atoms with van der Waals surface area (Å²) in [5, 5.41) is 2.75. The smallest absolute Gasteiger partial charge is 0.313 e. The zero-order valence-corrected chi connectivity index (χ0v) is 8.32. The molecule has 1 N–H and O–H groups in total. The zero-order valence-electron chi connectivity index (χ0n) is 8.32. The van der Waals surface area contributed by atoms with Gasteiger partial charge in [-0.1, -0.05) is 0 Å². The molecular formula is C10H11F4N. The van der Waals surface area contributed by atoms with Crippen LogP contribution in [0.1, 0.15) is 24.1 Å². The second-order valence-electron chi connectivity index (χ2n) is 3.28. The molecule has 0 saturated carbocycles. The molecule has 84 valence electrons. The summed E-state index contributed by atoms with van der Waals surface area (Å²) in [5.74, 6) is -0.873. The molecule has 1 atom stereocenters. The van der Waals surface area contributed by atoms with Gasteiger partial charge in [0.25, 0.3) is 0 Å². The van der Waals surface area contributed by atoms with E-state index in [9.17, 15) is 17.6 Å². The molecule has 5 heteroatoms. The van der Waals surface area contributed by atoms with E-state index in [1.165, 1.54) is 0 Å². The van der Waals surface area contributed by atoms with Gasteiger partial charge in [-0.3, -0.25) is 0 Å². The van der Waals surface area contributed by atoms with Crippen molar-refractivity contribution < 1.29 is 17.6 Å². The van der Waals surface area contributed by atoms with Crippen LogP contribution in [0, 0.1) is 5.82 Å². The maximum Gasteiger partial charge on any atom is 0.416 e. The highest BCUT2D eigenvalue weighted by molar-refractivity contribution is 5.28. The number of hydrogen-bond donors (Lipinski definition) is 1. The molecule has 0 amide bonds. The van der Waals surface area contributed by atoms with Crippen molar-refractivity contribution in [2.45, 2.75) is 19.1 Å². The molecule has 1 aromatic rings. The Morgan fingerprint density at radius 1 is 1.20 bits per heavy atom. The fourth-order valence-corrected chi connectivity index (χ4v) is 1.19. The average Bonchev–Trinajstić information content (AvgIpc) is 2.14. The molecular weight excluding hydrogens is 210 g/mol. The molecule has 0 unspecified atom stereocenters. The largest absolute Gasteiger partial charge is 0.416 e. The van der Waals surface area contributed by atoms with Crippen LogP contribution < -0.4 is 5.32 Å². The Hall–Kier alpha value is -1.10. The van der Waals surface area contributed by atoms with Gasteiger partial charge in [0.2, 0.25) is 0 Å². The minimum absolute atomic E-state index is 0.282. The van der Waals surface area contributed by atoms with E-state index >= 15 is 0 Å². The predicted molar refractivity (Wildman–Crippen MR) is 48.9 cm³/mol. The van der Waals surface area contributed by atoms with Gasteiger partial charge in [0.1, 0.15) is 5.82 Å². The molecule has 1 aromatic carbocycles. The van der Waals surface area contributed by atoms with Crippen LogP contribution in [0.25, 0.3) is 0 Å². The lowest BCUT2D eigenvalue weighted by molar-refractivity contribution is -0.137. The lowest BCUT2D eigenvalue weighted by atomic mass is 10.0. The van der Waals surface area contributed by atoms with Gasteiger partial charge < -0.3 is 5.32 Å². The second-order valence-corrected chi connectivity index (χ2v) is 3.28. The molecule has 1 rings (SSSR count). The first-order chi connectivity index (χ1) is 6.84. The normalized spacial score (nSPS) is 14.0. The standard InChI is InChI=1S/C10H11F4N/c1-6(15-2)7-3-8(10(12,13)14)5-9(11)4-7/h3-6,15H,1-2H3/t6-/m1/s1. The van der Waals surface area contributed by atoms with Gasteiger partial charge in [-0.05, 0) is 37.7 Å². The van der Waals surface area contributed by atoms with E-state index < -0.39 is 17.6 Å². The van der Waals surface area contributed by atoms with Crippen LogP contribution in [0.15, 0.2) is 18.2 Å². The van der Waals surface area contributed by atoms with E-state index in [1.807, 2.05) is 0 Å². The van der Waals surface area contributed by atoms with E-state index in [2.05, 4.69) is 5.32 Å². The van der Waals surface area contributed by atoms with E-state index in [1.54, 1.807) is 14.0 Å². The summed E-state index contributed by atoms with van der Waals surface area (Å²) in [7, 11) is 1.60. The maximum atomic E-state index is 12.9. The van der Waals surface area contributed by atoms with Gasteiger partial charge in [-0.15, -0.1) is 0 Å². The summed E-state index contributed by atoms with van der Waals surface area (Å²) in [4.78, 5) is 0. The number of benzene rings is 1. The fraction of sp³-hybridized carbons (Fsp3) is 0.400. The predicted octanol–water partition coefficient (Wildman–Crippen LogP) is 3.12. The monoisotopic (exact) mass is 221 g/mol. The van der Waals surface area contributed by atoms with Gasteiger partial charge in [0, 0.05) is 6.04 Å². The van der Waals surface area contributed by atoms with Crippen molar-refractivity contribution in [3.8, 4) is 0 Å². The highest BCUT2D eigenvalue weighted by atomic mass is 19.4. The van der Waals surface area contributed by atoms with Crippen LogP contribution in [0.4, 0.5) is 17.6 Å². The summed E-state index contributed by atoms with van der Waals surface area (Å²) < 4.78 is 49.9. The number of rotatable bonds is 2. The third-order valence-corrected chi connectivity index (χ3v) is 2.18. The molecule has 0 spiro atoms.